The van der Waals surface area contributed by atoms with E-state index in [-0.39, 0.29) is 22.6 Å². The number of rotatable bonds is 4. The summed E-state index contributed by atoms with van der Waals surface area (Å²) in [6.45, 7) is 13.3. The fraction of sp³-hybridized carbons (Fsp3) is 0.282. The lowest BCUT2D eigenvalue weighted by Gasteiger charge is -2.32. The number of ether oxygens (including phenoxy) is 1. The van der Waals surface area contributed by atoms with Crippen molar-refractivity contribution in [3.05, 3.63) is 125 Å². The third-order valence-electron chi connectivity index (χ3n) is 8.57. The van der Waals surface area contributed by atoms with Crippen molar-refractivity contribution in [2.24, 2.45) is 4.99 Å². The topological polar surface area (TPSA) is 58.0 Å². The van der Waals surface area contributed by atoms with Crippen LogP contribution in [0.15, 0.2) is 102 Å². The smallest absolute Gasteiger partial charge is 0.219 e. The minimum atomic E-state index is -1.64. The molecule has 0 radical (unpaired) electrons. The van der Waals surface area contributed by atoms with Crippen LogP contribution in [0, 0.1) is 0 Å². The zero-order valence-electron chi connectivity index (χ0n) is 28.1. The van der Waals surface area contributed by atoms with E-state index in [1.807, 2.05) is 60.7 Å². The number of amidine groups is 1. The second-order valence-electron chi connectivity index (χ2n) is 13.8. The van der Waals surface area contributed by atoms with Gasteiger partial charge in [0.25, 0.3) is 0 Å². The number of pyridine rings is 1. The number of hydrogen-bond donors (Lipinski definition) is 1. The summed E-state index contributed by atoms with van der Waals surface area (Å²) >= 11 is 0. The molecule has 1 aliphatic carbocycles. The van der Waals surface area contributed by atoms with Gasteiger partial charge in [-0.1, -0.05) is 96.1 Å². The standard InChI is InChI=1S/C39H39N3O2/c1-38(2,3)27-21-28(39(4,5)6)23-29(22-27)42-32-20-25-11-7-8-15-31(25)36(32)41-37(42)26-13-9-14-30(19-26)44-34-18-17-24-12-10-16-33(43)35(24)40-34/h7-19,21-23,32,36,43H,20H2,1-6H3/t32-,36+/m1/s1/i20D2. The first-order chi connectivity index (χ1) is 21.7. The van der Waals surface area contributed by atoms with Gasteiger partial charge < -0.3 is 14.7 Å². The first kappa shape index (κ1) is 25.8. The molecule has 5 nitrogen and oxygen atoms in total. The fourth-order valence-corrected chi connectivity index (χ4v) is 6.07. The van der Waals surface area contributed by atoms with E-state index in [1.54, 1.807) is 18.2 Å². The molecule has 0 saturated carbocycles. The zero-order chi connectivity index (χ0) is 32.6. The Morgan fingerprint density at radius 1 is 0.818 bits per heavy atom. The molecule has 7 rings (SSSR count). The number of hydrogen-bond acceptors (Lipinski definition) is 5. The summed E-state index contributed by atoms with van der Waals surface area (Å²) in [7, 11) is 0. The van der Waals surface area contributed by atoms with Gasteiger partial charge in [0.05, 0.1) is 12.1 Å². The molecule has 0 unspecified atom stereocenters. The number of aromatic hydroxyl groups is 1. The maximum atomic E-state index is 10.3. The summed E-state index contributed by atoms with van der Waals surface area (Å²) in [6.07, 6.45) is -1.64. The fourth-order valence-electron chi connectivity index (χ4n) is 6.07. The number of anilines is 1. The molecule has 2 aliphatic rings. The van der Waals surface area contributed by atoms with E-state index < -0.39 is 12.4 Å². The lowest BCUT2D eigenvalue weighted by Crippen LogP contribution is -2.38. The van der Waals surface area contributed by atoms with E-state index in [4.69, 9.17) is 9.73 Å². The van der Waals surface area contributed by atoms with Crippen LogP contribution in [-0.4, -0.2) is 22.0 Å². The lowest BCUT2D eigenvalue weighted by atomic mass is 9.80. The third-order valence-corrected chi connectivity index (χ3v) is 8.57. The van der Waals surface area contributed by atoms with Crippen molar-refractivity contribution < 1.29 is 12.6 Å². The molecule has 0 spiro atoms. The quantitative estimate of drug-likeness (QED) is 0.229. The number of benzene rings is 4. The molecular weight excluding hydrogens is 542 g/mol. The Morgan fingerprint density at radius 3 is 2.30 bits per heavy atom. The zero-order valence-corrected chi connectivity index (χ0v) is 26.1. The molecule has 222 valence electrons. The van der Waals surface area contributed by atoms with Gasteiger partial charge in [-0.3, -0.25) is 4.99 Å². The van der Waals surface area contributed by atoms with E-state index in [9.17, 15) is 7.85 Å². The van der Waals surface area contributed by atoms with Gasteiger partial charge in [-0.15, -0.1) is 0 Å². The number of aromatic nitrogens is 1. The van der Waals surface area contributed by atoms with Crippen LogP contribution in [0.5, 0.6) is 17.4 Å². The largest absolute Gasteiger partial charge is 0.506 e. The molecule has 5 aromatic rings. The third kappa shape index (κ3) is 5.00. The van der Waals surface area contributed by atoms with Crippen molar-refractivity contribution >= 4 is 22.4 Å². The van der Waals surface area contributed by atoms with E-state index in [2.05, 4.69) is 69.6 Å². The minimum absolute atomic E-state index is 0.0980. The highest BCUT2D eigenvalue weighted by Gasteiger charge is 2.44. The lowest BCUT2D eigenvalue weighted by molar-refractivity contribution is 0.460. The van der Waals surface area contributed by atoms with Gasteiger partial charge in [0.2, 0.25) is 5.88 Å². The molecule has 0 bridgehead atoms. The van der Waals surface area contributed by atoms with Gasteiger partial charge in [0.15, 0.2) is 0 Å². The molecule has 1 aromatic heterocycles. The second kappa shape index (κ2) is 10.2. The van der Waals surface area contributed by atoms with E-state index >= 15 is 0 Å². The molecule has 0 amide bonds. The van der Waals surface area contributed by atoms with Crippen LogP contribution in [0.1, 0.15) is 78.1 Å². The molecule has 1 aliphatic heterocycles. The van der Waals surface area contributed by atoms with Crippen LogP contribution in [0.2, 0.25) is 0 Å². The molecular formula is C39H39N3O2. The van der Waals surface area contributed by atoms with E-state index in [0.717, 1.165) is 22.2 Å². The van der Waals surface area contributed by atoms with Crippen molar-refractivity contribution in [3.8, 4) is 17.4 Å². The number of para-hydroxylation sites is 1. The van der Waals surface area contributed by atoms with Crippen molar-refractivity contribution in [2.45, 2.75) is 70.8 Å². The van der Waals surface area contributed by atoms with Crippen LogP contribution in [0.3, 0.4) is 0 Å². The average molecular weight is 584 g/mol. The predicted molar refractivity (Wildman–Crippen MR) is 179 cm³/mol. The summed E-state index contributed by atoms with van der Waals surface area (Å²) in [5, 5.41) is 11.2. The monoisotopic (exact) mass is 583 g/mol. The van der Waals surface area contributed by atoms with Gasteiger partial charge in [0.1, 0.15) is 22.9 Å². The van der Waals surface area contributed by atoms with Gasteiger partial charge in [-0.25, -0.2) is 4.98 Å². The molecule has 2 atom stereocenters. The van der Waals surface area contributed by atoms with Crippen LogP contribution in [0.4, 0.5) is 5.69 Å². The van der Waals surface area contributed by atoms with Crippen LogP contribution < -0.4 is 9.64 Å². The Balaban J connectivity index is 1.37. The molecule has 0 saturated heterocycles. The summed E-state index contributed by atoms with van der Waals surface area (Å²) in [4.78, 5) is 12.0. The summed E-state index contributed by atoms with van der Waals surface area (Å²) in [5.74, 6) is 1.74. The van der Waals surface area contributed by atoms with Crippen molar-refractivity contribution in [1.29, 1.82) is 0 Å². The number of phenolic OH excluding ortho intramolecular Hbond substituents is 1. The minimum Gasteiger partial charge on any atom is -0.506 e. The van der Waals surface area contributed by atoms with Crippen molar-refractivity contribution in [1.82, 2.24) is 4.98 Å². The first-order valence-electron chi connectivity index (χ1n) is 16.2. The Labute approximate surface area is 262 Å². The van der Waals surface area contributed by atoms with Gasteiger partial charge >= 0.3 is 0 Å². The van der Waals surface area contributed by atoms with Gasteiger partial charge in [-0.05, 0) is 75.9 Å². The number of fused-ring (bicyclic) bond motifs is 4. The maximum Gasteiger partial charge on any atom is 0.219 e. The second-order valence-corrected chi connectivity index (χ2v) is 13.8. The number of nitrogens with zero attached hydrogens (tertiary/aromatic N) is 3. The van der Waals surface area contributed by atoms with Gasteiger partial charge in [-0.2, -0.15) is 0 Å². The summed E-state index contributed by atoms with van der Waals surface area (Å²) < 4.78 is 25.1. The molecule has 2 heterocycles. The van der Waals surface area contributed by atoms with E-state index in [1.165, 1.54) is 11.1 Å². The Morgan fingerprint density at radius 2 is 1.55 bits per heavy atom. The maximum absolute atomic E-state index is 10.3. The molecule has 44 heavy (non-hydrogen) atoms. The molecule has 0 fully saturated rings. The molecule has 4 aromatic carbocycles. The Hall–Kier alpha value is -4.64. The van der Waals surface area contributed by atoms with Gasteiger partial charge in [0, 0.05) is 25.4 Å². The highest BCUT2D eigenvalue weighted by Crippen LogP contribution is 2.46. The summed E-state index contributed by atoms with van der Waals surface area (Å²) in [5.41, 5.74) is 6.01. The first-order valence-corrected chi connectivity index (χ1v) is 15.2. The highest BCUT2D eigenvalue weighted by atomic mass is 16.5. The number of aliphatic imine (C=N–C) groups is 1. The van der Waals surface area contributed by atoms with Crippen molar-refractivity contribution in [3.63, 3.8) is 0 Å². The van der Waals surface area contributed by atoms with Crippen LogP contribution in [-0.2, 0) is 17.2 Å². The highest BCUT2D eigenvalue weighted by molar-refractivity contribution is 6.12. The summed E-state index contributed by atoms with van der Waals surface area (Å²) in [6, 6.07) is 30.2. The number of phenols is 1. The Kier molecular flexibility index (Phi) is 6.00. The van der Waals surface area contributed by atoms with E-state index in [0.29, 0.717) is 28.5 Å². The normalized spacial score (nSPS) is 19.7. The Bertz CT molecular complexity index is 1990. The SMILES string of the molecule is [2H]C1([2H])c2ccccc2[C@@H]2N=C(c3cccc(Oc4ccc5cccc(O)c5n4)c3)N(c3cc(C(C)(C)C)cc(C(C)(C)C)c3)[C@@H]21. The van der Waals surface area contributed by atoms with Crippen LogP contribution >= 0.6 is 0 Å². The molecule has 5 heteroatoms. The predicted octanol–water partition coefficient (Wildman–Crippen LogP) is 9.26. The van der Waals surface area contributed by atoms with Crippen LogP contribution in [0.25, 0.3) is 10.9 Å². The average Bonchev–Trinajstić information content (AvgIpc) is 3.51. The van der Waals surface area contributed by atoms with Crippen molar-refractivity contribution in [2.75, 3.05) is 4.90 Å². The molecule has 1 N–H and O–H groups in total.